The maximum atomic E-state index is 12.4. The van der Waals surface area contributed by atoms with Gasteiger partial charge < -0.3 is 14.8 Å². The molecule has 2 N–H and O–H groups in total. The van der Waals surface area contributed by atoms with Crippen LogP contribution >= 0.6 is 0 Å². The maximum Gasteiger partial charge on any atom is 0.245 e. The van der Waals surface area contributed by atoms with Gasteiger partial charge in [0.2, 0.25) is 5.91 Å². The lowest BCUT2D eigenvalue weighted by Gasteiger charge is -2.15. The number of benzene rings is 1. The zero-order valence-electron chi connectivity index (χ0n) is 13.0. The lowest BCUT2D eigenvalue weighted by Crippen LogP contribution is -2.33. The Hall–Kier alpha value is -2.93. The van der Waals surface area contributed by atoms with Gasteiger partial charge in [0.15, 0.2) is 0 Å². The van der Waals surface area contributed by atoms with Gasteiger partial charge in [0.25, 0.3) is 0 Å². The van der Waals surface area contributed by atoms with Crippen LogP contribution in [0.5, 0.6) is 0 Å². The predicted molar refractivity (Wildman–Crippen MR) is 86.8 cm³/mol. The van der Waals surface area contributed by atoms with Crippen LogP contribution in [0.25, 0.3) is 11.3 Å². The molecule has 7 heteroatoms. The van der Waals surface area contributed by atoms with Crippen LogP contribution in [0.3, 0.4) is 0 Å². The van der Waals surface area contributed by atoms with Gasteiger partial charge in [-0.15, -0.1) is 5.10 Å². The quantitative estimate of drug-likeness (QED) is 0.690. The smallest absolute Gasteiger partial charge is 0.245 e. The molecule has 0 bridgehead atoms. The number of carbonyl (C=O) groups excluding carboxylic acids is 1. The molecule has 124 valence electrons. The Morgan fingerprint density at radius 2 is 2.08 bits per heavy atom. The molecule has 1 amide bonds. The predicted octanol–water partition coefficient (Wildman–Crippen LogP) is 1.78. The topological polar surface area (TPSA) is 93.2 Å². The van der Waals surface area contributed by atoms with E-state index in [2.05, 4.69) is 15.6 Å². The number of amides is 1. The minimum Gasteiger partial charge on any atom is -0.467 e. The molecule has 0 fully saturated rings. The molecule has 1 aromatic carbocycles. The number of nitrogens with zero attached hydrogens (tertiary/aromatic N) is 3. The number of carbonyl (C=O) groups is 1. The van der Waals surface area contributed by atoms with E-state index in [4.69, 9.17) is 4.42 Å². The first-order valence-electron chi connectivity index (χ1n) is 7.66. The van der Waals surface area contributed by atoms with Crippen molar-refractivity contribution < 1.29 is 14.3 Å². The number of aromatic nitrogens is 3. The fraction of sp³-hybridized carbons (Fsp3) is 0.235. The Labute approximate surface area is 138 Å². The Balaban J connectivity index is 1.73. The van der Waals surface area contributed by atoms with Crippen LogP contribution in [0.1, 0.15) is 18.2 Å². The van der Waals surface area contributed by atoms with Crippen LogP contribution in [-0.2, 0) is 11.3 Å². The molecule has 1 unspecified atom stereocenters. The third kappa shape index (κ3) is 3.69. The molecule has 2 aromatic heterocycles. The van der Waals surface area contributed by atoms with E-state index in [1.165, 1.54) is 4.68 Å². The molecule has 1 atom stereocenters. The molecule has 0 spiro atoms. The number of aliphatic hydroxyl groups excluding tert-OH is 1. The van der Waals surface area contributed by atoms with Crippen molar-refractivity contribution in [3.05, 3.63) is 60.7 Å². The summed E-state index contributed by atoms with van der Waals surface area (Å²) in [4.78, 5) is 12.4. The van der Waals surface area contributed by atoms with Crippen LogP contribution in [0.15, 0.2) is 59.3 Å². The van der Waals surface area contributed by atoms with Gasteiger partial charge in [-0.05, 0) is 12.1 Å². The summed E-state index contributed by atoms with van der Waals surface area (Å²) in [6.45, 7) is 0.160. The first-order chi connectivity index (χ1) is 11.8. The summed E-state index contributed by atoms with van der Waals surface area (Å²) in [6.07, 6.45) is 3.51. The van der Waals surface area contributed by atoms with E-state index in [9.17, 15) is 9.90 Å². The van der Waals surface area contributed by atoms with Gasteiger partial charge in [-0.3, -0.25) is 4.79 Å². The number of aliphatic hydroxyl groups is 1. The van der Waals surface area contributed by atoms with Crippen molar-refractivity contribution >= 4 is 5.91 Å². The first-order valence-corrected chi connectivity index (χ1v) is 7.66. The summed E-state index contributed by atoms with van der Waals surface area (Å²) in [5.74, 6) is 0.416. The van der Waals surface area contributed by atoms with Crippen molar-refractivity contribution in [3.63, 3.8) is 0 Å². The van der Waals surface area contributed by atoms with Gasteiger partial charge in [0.05, 0.1) is 19.0 Å². The zero-order valence-corrected chi connectivity index (χ0v) is 13.0. The van der Waals surface area contributed by atoms with Crippen LogP contribution in [-0.4, -0.2) is 32.6 Å². The number of hydrogen-bond donors (Lipinski definition) is 2. The van der Waals surface area contributed by atoms with Gasteiger partial charge in [-0.25, -0.2) is 4.68 Å². The average molecular weight is 326 g/mol. The van der Waals surface area contributed by atoms with Gasteiger partial charge in [-0.2, -0.15) is 0 Å². The first kappa shape index (κ1) is 15.9. The maximum absolute atomic E-state index is 12.4. The molecule has 0 aliphatic rings. The van der Waals surface area contributed by atoms with Gasteiger partial charge in [-0.1, -0.05) is 35.5 Å². The molecular weight excluding hydrogens is 308 g/mol. The van der Waals surface area contributed by atoms with Crippen molar-refractivity contribution in [1.82, 2.24) is 20.3 Å². The van der Waals surface area contributed by atoms with Crippen LogP contribution < -0.4 is 5.32 Å². The van der Waals surface area contributed by atoms with Gasteiger partial charge >= 0.3 is 0 Å². The lowest BCUT2D eigenvalue weighted by molar-refractivity contribution is -0.125. The number of hydrogen-bond acceptors (Lipinski definition) is 5. The van der Waals surface area contributed by atoms with E-state index in [-0.39, 0.29) is 25.5 Å². The van der Waals surface area contributed by atoms with E-state index < -0.39 is 6.04 Å². The van der Waals surface area contributed by atoms with E-state index in [1.54, 1.807) is 24.6 Å². The Kier molecular flexibility index (Phi) is 5.02. The van der Waals surface area contributed by atoms with Crippen LogP contribution in [0.4, 0.5) is 0 Å². The van der Waals surface area contributed by atoms with E-state index >= 15 is 0 Å². The van der Waals surface area contributed by atoms with Crippen molar-refractivity contribution in [2.24, 2.45) is 0 Å². The fourth-order valence-corrected chi connectivity index (χ4v) is 2.38. The van der Waals surface area contributed by atoms with Crippen molar-refractivity contribution in [2.75, 3.05) is 6.61 Å². The van der Waals surface area contributed by atoms with Gasteiger partial charge in [0.1, 0.15) is 17.5 Å². The molecule has 3 aromatic rings. The van der Waals surface area contributed by atoms with E-state index in [1.807, 2.05) is 30.3 Å². The normalized spacial score (nSPS) is 12.0. The molecule has 3 rings (SSSR count). The summed E-state index contributed by atoms with van der Waals surface area (Å²) < 4.78 is 6.67. The summed E-state index contributed by atoms with van der Waals surface area (Å²) >= 11 is 0. The molecule has 7 nitrogen and oxygen atoms in total. The molecule has 24 heavy (non-hydrogen) atoms. The minimum absolute atomic E-state index is 0.126. The Morgan fingerprint density at radius 1 is 1.25 bits per heavy atom. The summed E-state index contributed by atoms with van der Waals surface area (Å²) in [7, 11) is 0. The second kappa shape index (κ2) is 7.56. The fourth-order valence-electron chi connectivity index (χ4n) is 2.38. The number of nitrogens with one attached hydrogen (secondary N) is 1. The molecule has 0 saturated carbocycles. The second-order valence-corrected chi connectivity index (χ2v) is 5.28. The zero-order chi connectivity index (χ0) is 16.8. The highest BCUT2D eigenvalue weighted by molar-refractivity contribution is 5.80. The third-order valence-electron chi connectivity index (χ3n) is 3.62. The van der Waals surface area contributed by atoms with E-state index in [0.29, 0.717) is 11.5 Å². The van der Waals surface area contributed by atoms with E-state index in [0.717, 1.165) is 5.56 Å². The highest BCUT2D eigenvalue weighted by Crippen LogP contribution is 2.18. The van der Waals surface area contributed by atoms with Crippen LogP contribution in [0.2, 0.25) is 0 Å². The molecule has 2 heterocycles. The summed E-state index contributed by atoms with van der Waals surface area (Å²) in [6, 6.07) is 12.5. The highest BCUT2D eigenvalue weighted by atomic mass is 16.3. The van der Waals surface area contributed by atoms with Gasteiger partial charge in [0, 0.05) is 18.6 Å². The lowest BCUT2D eigenvalue weighted by atomic mass is 10.1. The second-order valence-electron chi connectivity index (χ2n) is 5.28. The monoisotopic (exact) mass is 326 g/mol. The molecule has 0 saturated heterocycles. The third-order valence-corrected chi connectivity index (χ3v) is 3.62. The standard InChI is InChI=1S/C17H18N4O3/c22-9-8-16(17(23)18-11-14-7-4-10-24-14)21-12-15(19-20-21)13-5-2-1-3-6-13/h1-7,10,12,16,22H,8-9,11H2,(H,18,23). The SMILES string of the molecule is O=C(NCc1ccco1)C(CCO)n1cc(-c2ccccc2)nn1. The Morgan fingerprint density at radius 3 is 2.79 bits per heavy atom. The minimum atomic E-state index is -0.630. The molecular formula is C17H18N4O3. The number of rotatable bonds is 7. The van der Waals surface area contributed by atoms with Crippen molar-refractivity contribution in [1.29, 1.82) is 0 Å². The average Bonchev–Trinajstić information content (AvgIpc) is 3.30. The summed E-state index contributed by atoms with van der Waals surface area (Å²) in [5.41, 5.74) is 1.60. The van der Waals surface area contributed by atoms with Crippen molar-refractivity contribution in [2.45, 2.75) is 19.0 Å². The van der Waals surface area contributed by atoms with Crippen LogP contribution in [0, 0.1) is 0 Å². The largest absolute Gasteiger partial charge is 0.467 e. The molecule has 0 aliphatic carbocycles. The molecule has 0 radical (unpaired) electrons. The van der Waals surface area contributed by atoms with Crippen molar-refractivity contribution in [3.8, 4) is 11.3 Å². The highest BCUT2D eigenvalue weighted by Gasteiger charge is 2.22. The Bertz CT molecular complexity index is 768. The number of furan rings is 1. The summed E-state index contributed by atoms with van der Waals surface area (Å²) in [5, 5.41) is 20.2. The molecule has 0 aliphatic heterocycles.